The lowest BCUT2D eigenvalue weighted by atomic mass is 9.91. The minimum atomic E-state index is -0.0474. The number of halogens is 1. The third-order valence-corrected chi connectivity index (χ3v) is 7.20. The lowest BCUT2D eigenvalue weighted by Gasteiger charge is -2.44. The summed E-state index contributed by atoms with van der Waals surface area (Å²) in [5.74, 6) is 1.84. The fourth-order valence-corrected chi connectivity index (χ4v) is 5.17. The quantitative estimate of drug-likeness (QED) is 0.480. The second kappa shape index (κ2) is 7.90. The molecule has 1 aliphatic heterocycles. The number of H-pyrrole nitrogens is 1. The van der Waals surface area contributed by atoms with Gasteiger partial charge in [0.15, 0.2) is 11.5 Å². The van der Waals surface area contributed by atoms with Crippen molar-refractivity contribution in [3.8, 4) is 0 Å². The van der Waals surface area contributed by atoms with Crippen LogP contribution in [0.15, 0.2) is 31.2 Å². The second-order valence-electron chi connectivity index (χ2n) is 8.72. The Kier molecular flexibility index (Phi) is 4.87. The SMILES string of the molecule is CC(Nc1ncnc2[nH]cnc12)c1cc(Cl)c2cncn2c1N1CCN(C2CCC2)CC1. The minimum absolute atomic E-state index is 0.0474. The van der Waals surface area contributed by atoms with E-state index < -0.39 is 0 Å². The largest absolute Gasteiger partial charge is 0.361 e. The summed E-state index contributed by atoms with van der Waals surface area (Å²) in [6, 6.07) is 2.80. The van der Waals surface area contributed by atoms with Crippen molar-refractivity contribution >= 4 is 39.9 Å². The predicted molar refractivity (Wildman–Crippen MR) is 125 cm³/mol. The first-order valence-corrected chi connectivity index (χ1v) is 11.6. The van der Waals surface area contributed by atoms with E-state index >= 15 is 0 Å². The monoisotopic (exact) mass is 451 g/mol. The molecule has 0 aromatic carbocycles. The first-order chi connectivity index (χ1) is 15.7. The van der Waals surface area contributed by atoms with Gasteiger partial charge in [-0.2, -0.15) is 0 Å². The molecule has 1 saturated carbocycles. The molecule has 2 N–H and O–H groups in total. The van der Waals surface area contributed by atoms with Crippen molar-refractivity contribution in [3.05, 3.63) is 41.8 Å². The van der Waals surface area contributed by atoms with Crippen LogP contribution >= 0.6 is 11.6 Å². The molecule has 1 saturated heterocycles. The summed E-state index contributed by atoms with van der Waals surface area (Å²) in [6.45, 7) is 6.28. The summed E-state index contributed by atoms with van der Waals surface area (Å²) in [5.41, 5.74) is 3.48. The highest BCUT2D eigenvalue weighted by molar-refractivity contribution is 6.34. The molecule has 6 rings (SSSR count). The molecular formula is C22H26ClN9. The molecule has 9 nitrogen and oxygen atoms in total. The molecule has 0 radical (unpaired) electrons. The first-order valence-electron chi connectivity index (χ1n) is 11.2. The average Bonchev–Trinajstić information content (AvgIpc) is 3.43. The number of nitrogens with zero attached hydrogens (tertiary/aromatic N) is 7. The number of pyridine rings is 1. The molecule has 4 aromatic heterocycles. The topological polar surface area (TPSA) is 90.3 Å². The fraction of sp³-hybridized carbons (Fsp3) is 0.455. The van der Waals surface area contributed by atoms with Gasteiger partial charge in [0, 0.05) is 37.8 Å². The van der Waals surface area contributed by atoms with Crippen molar-refractivity contribution in [2.45, 2.75) is 38.3 Å². The highest BCUT2D eigenvalue weighted by atomic mass is 35.5. The van der Waals surface area contributed by atoms with Crippen molar-refractivity contribution < 1.29 is 0 Å². The Morgan fingerprint density at radius 2 is 2.00 bits per heavy atom. The van der Waals surface area contributed by atoms with E-state index in [1.54, 1.807) is 12.7 Å². The van der Waals surface area contributed by atoms with Crippen LogP contribution in [-0.4, -0.2) is 66.4 Å². The van der Waals surface area contributed by atoms with E-state index in [2.05, 4.69) is 57.4 Å². The van der Waals surface area contributed by atoms with Gasteiger partial charge >= 0.3 is 0 Å². The fourth-order valence-electron chi connectivity index (χ4n) is 4.91. The third kappa shape index (κ3) is 3.27. The van der Waals surface area contributed by atoms with Crippen LogP contribution in [0.25, 0.3) is 16.7 Å². The molecule has 1 atom stereocenters. The molecular weight excluding hydrogens is 426 g/mol. The minimum Gasteiger partial charge on any atom is -0.361 e. The molecule has 10 heteroatoms. The Labute approximate surface area is 190 Å². The van der Waals surface area contributed by atoms with Crippen LogP contribution in [0, 0.1) is 0 Å². The Morgan fingerprint density at radius 3 is 2.78 bits per heavy atom. The summed E-state index contributed by atoms with van der Waals surface area (Å²) in [7, 11) is 0. The molecule has 4 aromatic rings. The number of nitrogens with one attached hydrogen (secondary N) is 2. The molecule has 32 heavy (non-hydrogen) atoms. The highest BCUT2D eigenvalue weighted by Gasteiger charge is 2.30. The van der Waals surface area contributed by atoms with Crippen molar-refractivity contribution in [3.63, 3.8) is 0 Å². The van der Waals surface area contributed by atoms with Crippen molar-refractivity contribution in [1.82, 2.24) is 34.2 Å². The molecule has 2 fully saturated rings. The van der Waals surface area contributed by atoms with Crippen LogP contribution in [0.2, 0.25) is 5.02 Å². The Morgan fingerprint density at radius 1 is 1.16 bits per heavy atom. The normalized spacial score (nSPS) is 18.9. The maximum Gasteiger partial charge on any atom is 0.162 e. The van der Waals surface area contributed by atoms with Gasteiger partial charge in [-0.15, -0.1) is 0 Å². The van der Waals surface area contributed by atoms with Crippen LogP contribution in [0.4, 0.5) is 11.6 Å². The van der Waals surface area contributed by atoms with Crippen molar-refractivity contribution in [2.24, 2.45) is 0 Å². The van der Waals surface area contributed by atoms with E-state index in [9.17, 15) is 0 Å². The van der Waals surface area contributed by atoms with Gasteiger partial charge in [-0.25, -0.2) is 19.9 Å². The summed E-state index contributed by atoms with van der Waals surface area (Å²) in [5, 5.41) is 4.22. The Balaban J connectivity index is 1.35. The van der Waals surface area contributed by atoms with Gasteiger partial charge in [0.05, 0.1) is 29.1 Å². The molecule has 166 valence electrons. The lowest BCUT2D eigenvalue weighted by Crippen LogP contribution is -2.52. The van der Waals surface area contributed by atoms with Gasteiger partial charge in [0.1, 0.15) is 24.0 Å². The molecule has 2 aliphatic rings. The number of hydrogen-bond acceptors (Lipinski definition) is 7. The van der Waals surface area contributed by atoms with Gasteiger partial charge in [-0.1, -0.05) is 18.0 Å². The van der Waals surface area contributed by atoms with E-state index in [4.69, 9.17) is 11.6 Å². The van der Waals surface area contributed by atoms with E-state index in [0.717, 1.165) is 54.6 Å². The van der Waals surface area contributed by atoms with Crippen molar-refractivity contribution in [1.29, 1.82) is 0 Å². The standard InChI is InChI=1S/C22H26ClN9/c1-14(29-21-19-20(26-11-25-19)27-12-28-21)16-9-17(23)18-10-24-13-32(18)22(16)31-7-5-30(6-8-31)15-3-2-4-15/h9-15H,2-8H2,1H3,(H2,25,26,27,28,29). The second-order valence-corrected chi connectivity index (χ2v) is 9.12. The summed E-state index contributed by atoms with van der Waals surface area (Å²) < 4.78 is 2.12. The van der Waals surface area contributed by atoms with Gasteiger partial charge in [-0.3, -0.25) is 9.30 Å². The van der Waals surface area contributed by atoms with E-state index in [-0.39, 0.29) is 6.04 Å². The molecule has 0 bridgehead atoms. The van der Waals surface area contributed by atoms with Crippen LogP contribution in [0.3, 0.4) is 0 Å². The van der Waals surface area contributed by atoms with E-state index in [1.807, 2.05) is 12.5 Å². The number of piperazine rings is 1. The summed E-state index contributed by atoms with van der Waals surface area (Å²) in [4.78, 5) is 25.6. The molecule has 0 spiro atoms. The zero-order valence-electron chi connectivity index (χ0n) is 18.0. The van der Waals surface area contributed by atoms with Gasteiger partial charge in [0.2, 0.25) is 0 Å². The van der Waals surface area contributed by atoms with Gasteiger partial charge in [0.25, 0.3) is 0 Å². The smallest absolute Gasteiger partial charge is 0.162 e. The van der Waals surface area contributed by atoms with Gasteiger partial charge in [-0.05, 0) is 25.8 Å². The highest BCUT2D eigenvalue weighted by Crippen LogP contribution is 2.35. The number of rotatable bonds is 5. The zero-order valence-corrected chi connectivity index (χ0v) is 18.8. The van der Waals surface area contributed by atoms with E-state index in [1.165, 1.54) is 19.3 Å². The molecule has 5 heterocycles. The maximum atomic E-state index is 6.67. The molecule has 0 amide bonds. The van der Waals surface area contributed by atoms with E-state index in [0.29, 0.717) is 16.5 Å². The van der Waals surface area contributed by atoms with Crippen LogP contribution in [0.1, 0.15) is 37.8 Å². The first kappa shape index (κ1) is 19.8. The summed E-state index contributed by atoms with van der Waals surface area (Å²) >= 11 is 6.67. The van der Waals surface area contributed by atoms with Crippen LogP contribution in [-0.2, 0) is 0 Å². The Hall–Kier alpha value is -2.91. The van der Waals surface area contributed by atoms with Crippen molar-refractivity contribution in [2.75, 3.05) is 36.4 Å². The summed E-state index contributed by atoms with van der Waals surface area (Å²) in [6.07, 6.45) is 10.9. The number of aromatic amines is 1. The van der Waals surface area contributed by atoms with Crippen LogP contribution in [0.5, 0.6) is 0 Å². The molecule has 1 aliphatic carbocycles. The predicted octanol–water partition coefficient (Wildman–Crippen LogP) is 3.50. The lowest BCUT2D eigenvalue weighted by molar-refractivity contribution is 0.120. The average molecular weight is 452 g/mol. The Bertz CT molecular complexity index is 1250. The number of fused-ring (bicyclic) bond motifs is 2. The van der Waals surface area contributed by atoms with Gasteiger partial charge < -0.3 is 15.2 Å². The van der Waals surface area contributed by atoms with Crippen LogP contribution < -0.4 is 10.2 Å². The zero-order chi connectivity index (χ0) is 21.7. The third-order valence-electron chi connectivity index (χ3n) is 6.89. The number of aromatic nitrogens is 6. The molecule has 1 unspecified atom stereocenters. The number of hydrogen-bond donors (Lipinski definition) is 2. The number of imidazole rings is 2. The number of anilines is 2. The maximum absolute atomic E-state index is 6.67.